The van der Waals surface area contributed by atoms with Gasteiger partial charge < -0.3 is 10.6 Å². The van der Waals surface area contributed by atoms with Crippen LogP contribution in [0.5, 0.6) is 0 Å². The Hall–Kier alpha value is -2.78. The molecule has 1 aliphatic rings. The number of amides is 2. The minimum atomic E-state index is -1.18. The first-order valence-electron chi connectivity index (χ1n) is 5.62. The third kappa shape index (κ3) is 2.00. The van der Waals surface area contributed by atoms with Crippen molar-refractivity contribution in [1.82, 2.24) is 15.3 Å². The van der Waals surface area contributed by atoms with E-state index in [1.807, 2.05) is 0 Å². The predicted molar refractivity (Wildman–Crippen MR) is 67.7 cm³/mol. The number of nitrogen functional groups attached to an aromatic ring is 1. The third-order valence-corrected chi connectivity index (χ3v) is 3.05. The van der Waals surface area contributed by atoms with Gasteiger partial charge in [0, 0.05) is 0 Å². The van der Waals surface area contributed by atoms with Crippen LogP contribution in [0.4, 0.5) is 17.3 Å². The van der Waals surface area contributed by atoms with Gasteiger partial charge in [-0.3, -0.25) is 25.0 Å². The summed E-state index contributed by atoms with van der Waals surface area (Å²) >= 11 is 0. The summed E-state index contributed by atoms with van der Waals surface area (Å²) in [5, 5.41) is 13.3. The van der Waals surface area contributed by atoms with Gasteiger partial charge in [-0.15, -0.1) is 0 Å². The maximum absolute atomic E-state index is 11.9. The van der Waals surface area contributed by atoms with E-state index >= 15 is 0 Å². The first kappa shape index (κ1) is 13.6. The lowest BCUT2D eigenvalue weighted by Crippen LogP contribution is -2.64. The molecule has 0 spiro atoms. The quantitative estimate of drug-likeness (QED) is 0.407. The Morgan fingerprint density at radius 2 is 2.10 bits per heavy atom. The van der Waals surface area contributed by atoms with Crippen molar-refractivity contribution in [2.75, 3.05) is 17.2 Å². The summed E-state index contributed by atoms with van der Waals surface area (Å²) in [6.45, 7) is 2.81. The van der Waals surface area contributed by atoms with Gasteiger partial charge in [0.25, 0.3) is 5.91 Å². The number of rotatable bonds is 2. The van der Waals surface area contributed by atoms with Gasteiger partial charge in [0.2, 0.25) is 17.5 Å². The Morgan fingerprint density at radius 3 is 2.70 bits per heavy atom. The van der Waals surface area contributed by atoms with Gasteiger partial charge >= 0.3 is 5.69 Å². The van der Waals surface area contributed by atoms with Gasteiger partial charge in [-0.2, -0.15) is 0 Å². The van der Waals surface area contributed by atoms with Crippen LogP contribution >= 0.6 is 0 Å². The van der Waals surface area contributed by atoms with Crippen molar-refractivity contribution in [3.05, 3.63) is 16.4 Å². The van der Waals surface area contributed by atoms with Crippen LogP contribution in [0.15, 0.2) is 6.33 Å². The topological polar surface area (TPSA) is 144 Å². The fourth-order valence-corrected chi connectivity index (χ4v) is 1.88. The highest BCUT2D eigenvalue weighted by molar-refractivity contribution is 6.07. The van der Waals surface area contributed by atoms with Crippen molar-refractivity contribution < 1.29 is 14.5 Å². The van der Waals surface area contributed by atoms with Gasteiger partial charge in [-0.1, -0.05) is 0 Å². The number of hydrogen-bond acceptors (Lipinski definition) is 8. The van der Waals surface area contributed by atoms with E-state index in [-0.39, 0.29) is 18.2 Å². The van der Waals surface area contributed by atoms with Crippen LogP contribution in [0.25, 0.3) is 0 Å². The summed E-state index contributed by atoms with van der Waals surface area (Å²) in [6, 6.07) is 0. The first-order chi connectivity index (χ1) is 9.25. The molecule has 0 aromatic carbocycles. The highest BCUT2D eigenvalue weighted by Crippen LogP contribution is 2.34. The normalized spacial score (nSPS) is 17.8. The van der Waals surface area contributed by atoms with Crippen LogP contribution in [0.3, 0.4) is 0 Å². The molecule has 106 valence electrons. The number of piperazine rings is 1. The van der Waals surface area contributed by atoms with Gasteiger partial charge in [-0.05, 0) is 13.8 Å². The molecule has 0 unspecified atom stereocenters. The van der Waals surface area contributed by atoms with Crippen LogP contribution in [0.2, 0.25) is 0 Å². The summed E-state index contributed by atoms with van der Waals surface area (Å²) < 4.78 is 0. The van der Waals surface area contributed by atoms with Gasteiger partial charge in [0.05, 0.1) is 4.92 Å². The summed E-state index contributed by atoms with van der Waals surface area (Å²) in [6.07, 6.45) is 1.05. The standard InChI is InChI=1S/C10H12N6O4/c1-10(2)9(18)14-5(17)3-15(10)8-6(16(19)20)7(11)12-4-13-8/h4H,3H2,1-2H3,(H2,11,12,13)(H,14,17,18). The lowest BCUT2D eigenvalue weighted by molar-refractivity contribution is -0.383. The number of nitrogens with one attached hydrogen (secondary N) is 1. The molecule has 2 heterocycles. The Balaban J connectivity index is 2.60. The van der Waals surface area contributed by atoms with E-state index in [0.717, 1.165) is 6.33 Å². The molecule has 1 aliphatic heterocycles. The number of nitro groups is 1. The Labute approximate surface area is 113 Å². The largest absolute Gasteiger partial charge is 0.378 e. The van der Waals surface area contributed by atoms with Crippen molar-refractivity contribution in [3.63, 3.8) is 0 Å². The number of hydrogen-bond donors (Lipinski definition) is 2. The Bertz CT molecular complexity index is 614. The van der Waals surface area contributed by atoms with Crippen LogP contribution in [0, 0.1) is 10.1 Å². The van der Waals surface area contributed by atoms with E-state index in [9.17, 15) is 19.7 Å². The highest BCUT2D eigenvalue weighted by atomic mass is 16.6. The van der Waals surface area contributed by atoms with Gasteiger partial charge in [0.15, 0.2) is 0 Å². The second-order valence-electron chi connectivity index (χ2n) is 4.71. The minimum absolute atomic E-state index is 0.157. The van der Waals surface area contributed by atoms with E-state index in [1.54, 1.807) is 0 Å². The molecule has 20 heavy (non-hydrogen) atoms. The molecule has 0 saturated carbocycles. The zero-order chi connectivity index (χ0) is 15.1. The molecule has 1 saturated heterocycles. The smallest absolute Gasteiger partial charge is 0.353 e. The van der Waals surface area contributed by atoms with E-state index in [1.165, 1.54) is 18.7 Å². The minimum Gasteiger partial charge on any atom is -0.378 e. The fourth-order valence-electron chi connectivity index (χ4n) is 1.88. The maximum atomic E-state index is 11.9. The second kappa shape index (κ2) is 4.40. The molecule has 0 aliphatic carbocycles. The highest BCUT2D eigenvalue weighted by Gasteiger charge is 2.44. The Morgan fingerprint density at radius 1 is 1.45 bits per heavy atom. The molecule has 0 atom stereocenters. The molecule has 0 bridgehead atoms. The molecule has 10 heteroatoms. The number of imide groups is 1. The van der Waals surface area contributed by atoms with Crippen LogP contribution in [0.1, 0.15) is 13.8 Å². The molecule has 2 amide bonds. The van der Waals surface area contributed by atoms with Crippen molar-refractivity contribution in [2.24, 2.45) is 0 Å². The maximum Gasteiger partial charge on any atom is 0.353 e. The lowest BCUT2D eigenvalue weighted by Gasteiger charge is -2.40. The van der Waals surface area contributed by atoms with Crippen molar-refractivity contribution in [2.45, 2.75) is 19.4 Å². The van der Waals surface area contributed by atoms with Crippen LogP contribution in [-0.4, -0.2) is 38.8 Å². The monoisotopic (exact) mass is 280 g/mol. The van der Waals surface area contributed by atoms with Crippen LogP contribution in [-0.2, 0) is 9.59 Å². The zero-order valence-corrected chi connectivity index (χ0v) is 10.8. The van der Waals surface area contributed by atoms with Crippen molar-refractivity contribution >= 4 is 29.1 Å². The average Bonchev–Trinajstić information content (AvgIpc) is 2.33. The zero-order valence-electron chi connectivity index (χ0n) is 10.8. The van der Waals surface area contributed by atoms with Crippen LogP contribution < -0.4 is 16.0 Å². The van der Waals surface area contributed by atoms with Crippen molar-refractivity contribution in [1.29, 1.82) is 0 Å². The van der Waals surface area contributed by atoms with E-state index < -0.39 is 28.0 Å². The number of nitrogens with two attached hydrogens (primary N) is 1. The summed E-state index contributed by atoms with van der Waals surface area (Å²) in [5.74, 6) is -1.62. The third-order valence-electron chi connectivity index (χ3n) is 3.05. The molecule has 3 N–H and O–H groups in total. The van der Waals surface area contributed by atoms with Crippen molar-refractivity contribution in [3.8, 4) is 0 Å². The molecule has 1 aromatic rings. The molecular weight excluding hydrogens is 268 g/mol. The fraction of sp³-hybridized carbons (Fsp3) is 0.400. The molecule has 10 nitrogen and oxygen atoms in total. The molecule has 0 radical (unpaired) electrons. The summed E-state index contributed by atoms with van der Waals surface area (Å²) in [4.78, 5) is 42.3. The summed E-state index contributed by atoms with van der Waals surface area (Å²) in [5.41, 5.74) is 3.78. The molecule has 1 aromatic heterocycles. The van der Waals surface area contributed by atoms with E-state index in [4.69, 9.17) is 5.73 Å². The van der Waals surface area contributed by atoms with Gasteiger partial charge in [-0.25, -0.2) is 9.97 Å². The number of aromatic nitrogens is 2. The number of carbonyl (C=O) groups is 2. The number of carbonyl (C=O) groups excluding carboxylic acids is 2. The van der Waals surface area contributed by atoms with Gasteiger partial charge in [0.1, 0.15) is 18.4 Å². The van der Waals surface area contributed by atoms with E-state index in [0.29, 0.717) is 0 Å². The number of nitrogens with zero attached hydrogens (tertiary/aromatic N) is 4. The lowest BCUT2D eigenvalue weighted by atomic mass is 9.98. The average molecular weight is 280 g/mol. The molecule has 2 rings (SSSR count). The predicted octanol–water partition coefficient (Wildman–Crippen LogP) is -0.792. The molecule has 1 fully saturated rings. The van der Waals surface area contributed by atoms with E-state index in [2.05, 4.69) is 15.3 Å². The molecular formula is C10H12N6O4. The summed E-state index contributed by atoms with van der Waals surface area (Å²) in [7, 11) is 0. The SMILES string of the molecule is CC1(C)C(=O)NC(=O)CN1c1ncnc(N)c1[N+](=O)[O-]. The second-order valence-corrected chi connectivity index (χ2v) is 4.71. The number of anilines is 2. The Kier molecular flexibility index (Phi) is 3.00. The first-order valence-corrected chi connectivity index (χ1v) is 5.62.